The molecule has 0 saturated heterocycles. The average molecular weight is 515 g/mol. The maximum absolute atomic E-state index is 2.34. The van der Waals surface area contributed by atoms with Crippen molar-refractivity contribution in [2.75, 3.05) is 9.80 Å². The summed E-state index contributed by atoms with van der Waals surface area (Å²) in [6.07, 6.45) is 4.39. The molecule has 6 aromatic rings. The first kappa shape index (κ1) is 25.0. The van der Waals surface area contributed by atoms with Gasteiger partial charge in [-0.15, -0.1) is 0 Å². The fraction of sp³-hybridized carbons (Fsp3) is 0. The lowest BCUT2D eigenvalue weighted by Gasteiger charge is -2.30. The highest BCUT2D eigenvalue weighted by atomic mass is 15.2. The Bertz CT molecular complexity index is 1580. The van der Waals surface area contributed by atoms with Gasteiger partial charge in [0.05, 0.1) is 5.69 Å². The van der Waals surface area contributed by atoms with E-state index in [-0.39, 0.29) is 0 Å². The minimum Gasteiger partial charge on any atom is -0.310 e. The van der Waals surface area contributed by atoms with Crippen LogP contribution in [0.2, 0.25) is 0 Å². The van der Waals surface area contributed by atoms with Crippen molar-refractivity contribution >= 4 is 46.3 Å². The predicted molar refractivity (Wildman–Crippen MR) is 171 cm³/mol. The van der Waals surface area contributed by atoms with Gasteiger partial charge in [-0.3, -0.25) is 0 Å². The van der Waals surface area contributed by atoms with Crippen LogP contribution in [0.3, 0.4) is 0 Å². The molecule has 2 nitrogen and oxygen atoms in total. The van der Waals surface area contributed by atoms with Crippen LogP contribution in [0.1, 0.15) is 11.1 Å². The smallest absolute Gasteiger partial charge is 0.0554 e. The second-order valence-electron chi connectivity index (χ2n) is 9.50. The molecule has 192 valence electrons. The van der Waals surface area contributed by atoms with Gasteiger partial charge in [-0.05, 0) is 71.8 Å². The minimum absolute atomic E-state index is 1.08. The van der Waals surface area contributed by atoms with Gasteiger partial charge in [0.25, 0.3) is 0 Å². The van der Waals surface area contributed by atoms with Crippen molar-refractivity contribution in [1.82, 2.24) is 0 Å². The van der Waals surface area contributed by atoms with Crippen LogP contribution in [0.15, 0.2) is 170 Å². The topological polar surface area (TPSA) is 6.48 Å². The van der Waals surface area contributed by atoms with Crippen molar-refractivity contribution < 1.29 is 0 Å². The minimum atomic E-state index is 1.08. The lowest BCUT2D eigenvalue weighted by Crippen LogP contribution is -2.14. The van der Waals surface area contributed by atoms with Crippen molar-refractivity contribution in [2.24, 2.45) is 0 Å². The number of rotatable bonds is 8. The molecule has 0 aliphatic carbocycles. The van der Waals surface area contributed by atoms with Crippen LogP contribution >= 0.6 is 0 Å². The summed E-state index contributed by atoms with van der Waals surface area (Å²) in [6.45, 7) is 0. The van der Waals surface area contributed by atoms with E-state index in [4.69, 9.17) is 0 Å². The Labute approximate surface area is 236 Å². The Morgan fingerprint density at radius 2 is 0.725 bits per heavy atom. The lowest BCUT2D eigenvalue weighted by molar-refractivity contribution is 1.24. The highest BCUT2D eigenvalue weighted by Gasteiger charge is 2.19. The Morgan fingerprint density at radius 1 is 0.325 bits per heavy atom. The van der Waals surface area contributed by atoms with Gasteiger partial charge < -0.3 is 9.80 Å². The summed E-state index contributed by atoms with van der Waals surface area (Å²) in [5.41, 5.74) is 8.90. The molecular weight excluding hydrogens is 484 g/mol. The highest BCUT2D eigenvalue weighted by Crippen LogP contribution is 2.42. The highest BCUT2D eigenvalue weighted by molar-refractivity contribution is 5.89. The van der Waals surface area contributed by atoms with Crippen LogP contribution in [-0.4, -0.2) is 0 Å². The van der Waals surface area contributed by atoms with Crippen LogP contribution in [0.5, 0.6) is 0 Å². The van der Waals surface area contributed by atoms with E-state index in [1.807, 2.05) is 6.07 Å². The van der Waals surface area contributed by atoms with Gasteiger partial charge in [-0.25, -0.2) is 0 Å². The molecule has 0 aromatic heterocycles. The van der Waals surface area contributed by atoms with Gasteiger partial charge in [-0.1, -0.05) is 121 Å². The van der Waals surface area contributed by atoms with E-state index >= 15 is 0 Å². The summed E-state index contributed by atoms with van der Waals surface area (Å²) in [5.74, 6) is 0. The monoisotopic (exact) mass is 514 g/mol. The number of para-hydroxylation sites is 4. The maximum Gasteiger partial charge on any atom is 0.0554 e. The molecule has 6 rings (SSSR count). The summed E-state index contributed by atoms with van der Waals surface area (Å²) < 4.78 is 0. The molecule has 0 fully saturated rings. The number of hydrogen-bond acceptors (Lipinski definition) is 2. The molecule has 0 bridgehead atoms. The Morgan fingerprint density at radius 3 is 1.18 bits per heavy atom. The number of benzene rings is 6. The van der Waals surface area contributed by atoms with Crippen LogP contribution in [0, 0.1) is 0 Å². The molecule has 0 radical (unpaired) electrons. The fourth-order valence-corrected chi connectivity index (χ4v) is 4.94. The third-order valence-corrected chi connectivity index (χ3v) is 6.83. The molecule has 0 spiro atoms. The Hall–Kier alpha value is -5.34. The number of nitrogens with zero attached hydrogens (tertiary/aromatic N) is 2. The second-order valence-corrected chi connectivity index (χ2v) is 9.50. The van der Waals surface area contributed by atoms with Crippen molar-refractivity contribution in [3.05, 3.63) is 181 Å². The second kappa shape index (κ2) is 12.0. The van der Waals surface area contributed by atoms with Crippen molar-refractivity contribution in [3.63, 3.8) is 0 Å². The van der Waals surface area contributed by atoms with E-state index in [9.17, 15) is 0 Å². The summed E-state index contributed by atoms with van der Waals surface area (Å²) >= 11 is 0. The SMILES string of the molecule is C(=C/c1ccc(N(c2ccccc2)c2ccccc2)cc1N(c1ccccc1)c1ccccc1)/c1ccccc1. The Balaban J connectivity index is 1.57. The zero-order chi connectivity index (χ0) is 27.0. The molecular formula is C38H30N2. The zero-order valence-corrected chi connectivity index (χ0v) is 22.2. The fourth-order valence-electron chi connectivity index (χ4n) is 4.94. The molecule has 0 heterocycles. The van der Waals surface area contributed by atoms with Crippen LogP contribution in [0.4, 0.5) is 34.1 Å². The zero-order valence-electron chi connectivity index (χ0n) is 22.2. The standard InChI is InChI=1S/C38H30N2/c1-6-16-31(17-7-1)26-27-32-28-29-37(39(33-18-8-2-9-19-33)34-20-10-3-11-21-34)30-38(32)40(35-22-12-4-13-23-35)36-24-14-5-15-25-36/h1-30H/b27-26-. The van der Waals surface area contributed by atoms with Gasteiger partial charge in [0.2, 0.25) is 0 Å². The van der Waals surface area contributed by atoms with Gasteiger partial charge in [0.1, 0.15) is 0 Å². The van der Waals surface area contributed by atoms with Gasteiger partial charge in [0, 0.05) is 28.4 Å². The first-order valence-electron chi connectivity index (χ1n) is 13.5. The first-order chi connectivity index (χ1) is 19.9. The maximum atomic E-state index is 2.34. The molecule has 40 heavy (non-hydrogen) atoms. The molecule has 0 aliphatic heterocycles. The predicted octanol–water partition coefficient (Wildman–Crippen LogP) is 10.8. The lowest BCUT2D eigenvalue weighted by atomic mass is 10.0. The molecule has 0 aliphatic rings. The van der Waals surface area contributed by atoms with Crippen molar-refractivity contribution in [3.8, 4) is 0 Å². The van der Waals surface area contributed by atoms with Crippen LogP contribution in [0.25, 0.3) is 12.2 Å². The van der Waals surface area contributed by atoms with Crippen LogP contribution < -0.4 is 9.80 Å². The van der Waals surface area contributed by atoms with Crippen molar-refractivity contribution in [1.29, 1.82) is 0 Å². The number of anilines is 6. The van der Waals surface area contributed by atoms with E-state index < -0.39 is 0 Å². The summed E-state index contributed by atoms with van der Waals surface area (Å²) in [5, 5.41) is 0. The Kier molecular flexibility index (Phi) is 7.50. The third kappa shape index (κ3) is 5.57. The molecule has 0 atom stereocenters. The first-order valence-corrected chi connectivity index (χ1v) is 13.5. The van der Waals surface area contributed by atoms with E-state index in [2.05, 4.69) is 186 Å². The normalized spacial score (nSPS) is 10.9. The molecule has 6 aromatic carbocycles. The quantitative estimate of drug-likeness (QED) is 0.186. The van der Waals surface area contributed by atoms with E-state index in [0.29, 0.717) is 0 Å². The van der Waals surface area contributed by atoms with Gasteiger partial charge in [-0.2, -0.15) is 0 Å². The van der Waals surface area contributed by atoms with E-state index in [1.165, 1.54) is 5.56 Å². The molecule has 0 saturated carbocycles. The molecule has 2 heteroatoms. The number of hydrogen-bond donors (Lipinski definition) is 0. The molecule has 0 amide bonds. The van der Waals surface area contributed by atoms with Gasteiger partial charge in [0.15, 0.2) is 0 Å². The third-order valence-electron chi connectivity index (χ3n) is 6.83. The summed E-state index contributed by atoms with van der Waals surface area (Å²) in [7, 11) is 0. The molecule has 0 unspecified atom stereocenters. The van der Waals surface area contributed by atoms with Crippen molar-refractivity contribution in [2.45, 2.75) is 0 Å². The average Bonchev–Trinajstić information content (AvgIpc) is 3.04. The summed E-state index contributed by atoms with van der Waals surface area (Å²) in [4.78, 5) is 4.64. The van der Waals surface area contributed by atoms with E-state index in [0.717, 1.165) is 39.7 Å². The summed E-state index contributed by atoms with van der Waals surface area (Å²) in [6, 6.07) is 59.4. The largest absolute Gasteiger partial charge is 0.310 e. The van der Waals surface area contributed by atoms with E-state index in [1.54, 1.807) is 0 Å². The van der Waals surface area contributed by atoms with Gasteiger partial charge >= 0.3 is 0 Å². The molecule has 0 N–H and O–H groups in total. The van der Waals surface area contributed by atoms with Crippen LogP contribution in [-0.2, 0) is 0 Å².